The topological polar surface area (TPSA) is 32.3 Å². The summed E-state index contributed by atoms with van der Waals surface area (Å²) in [7, 11) is -1.12. The predicted molar refractivity (Wildman–Crippen MR) is 58.9 cm³/mol. The van der Waals surface area contributed by atoms with Gasteiger partial charge in [-0.05, 0) is 12.8 Å². The summed E-state index contributed by atoms with van der Waals surface area (Å²) < 4.78 is 4.94. The van der Waals surface area contributed by atoms with E-state index in [1.807, 2.05) is 0 Å². The Hall–Kier alpha value is 0.856. The number of rotatable bonds is 0. The Kier molecular flexibility index (Phi) is 34.2. The molecule has 70 valence electrons. The van der Waals surface area contributed by atoms with Gasteiger partial charge in [-0.15, -0.1) is 0 Å². The fourth-order valence-electron chi connectivity index (χ4n) is 0.510. The predicted octanol–water partition coefficient (Wildman–Crippen LogP) is 1.31. The molecule has 1 heterocycles. The van der Waals surface area contributed by atoms with Gasteiger partial charge in [0.1, 0.15) is 0 Å². The van der Waals surface area contributed by atoms with Crippen molar-refractivity contribution < 1.29 is 9.63 Å². The first-order chi connectivity index (χ1) is 4.23. The van der Waals surface area contributed by atoms with Gasteiger partial charge in [-0.1, -0.05) is 7.43 Å². The van der Waals surface area contributed by atoms with Gasteiger partial charge in [0, 0.05) is 21.0 Å². The van der Waals surface area contributed by atoms with Crippen LogP contribution in [0.25, 0.3) is 0 Å². The second-order valence-electron chi connectivity index (χ2n) is 1.95. The molecule has 0 aromatic heterocycles. The van der Waals surface area contributed by atoms with Crippen LogP contribution >= 0.6 is 7.77 Å². The fraction of sp³-hybridized carbons (Fsp3) is 0.750. The van der Waals surface area contributed by atoms with E-state index in [1.54, 1.807) is 6.66 Å². The zero-order valence-corrected chi connectivity index (χ0v) is 9.81. The van der Waals surface area contributed by atoms with Crippen molar-refractivity contribution >= 4 is 37.1 Å². The molecule has 0 aromatic carbocycles. The molecule has 4 heteroatoms. The van der Waals surface area contributed by atoms with E-state index in [2.05, 4.69) is 6.30 Å². The Bertz CT molecular complexity index is 73.5. The smallest absolute Gasteiger partial charge is 0.631 e. The summed E-state index contributed by atoms with van der Waals surface area (Å²) in [6.45, 7) is 3.56. The Morgan fingerprint density at radius 3 is 1.67 bits per heavy atom. The molecule has 1 unspecified atom stereocenters. The van der Waals surface area contributed by atoms with E-state index >= 15 is 0 Å². The molecule has 0 N–H and O–H groups in total. The summed E-state index contributed by atoms with van der Waals surface area (Å²) in [6, 6.07) is 0. The Morgan fingerprint density at radius 2 is 1.58 bits per heavy atom. The van der Waals surface area contributed by atoms with E-state index in [9.17, 15) is 4.89 Å². The van der Waals surface area contributed by atoms with Gasteiger partial charge >= 0.3 is 23.1 Å². The van der Waals surface area contributed by atoms with Gasteiger partial charge in [0.2, 0.25) is 0 Å². The fourth-order valence-corrected chi connectivity index (χ4v) is 0.510. The zero-order chi connectivity index (χ0) is 7.11. The van der Waals surface area contributed by atoms with E-state index in [1.165, 1.54) is 12.8 Å². The van der Waals surface area contributed by atoms with Gasteiger partial charge in [-0.3, -0.25) is 0 Å². The molecule has 0 amide bonds. The molecule has 2 nitrogen and oxygen atoms in total. The summed E-state index contributed by atoms with van der Waals surface area (Å²) in [5.41, 5.74) is 0. The third-order valence-electron chi connectivity index (χ3n) is 0.827. The Labute approximate surface area is 94.3 Å². The maximum Gasteiger partial charge on any atom is 2.00 e. The van der Waals surface area contributed by atoms with Crippen LogP contribution in [0.2, 0.25) is 0 Å². The van der Waals surface area contributed by atoms with Crippen LogP contribution in [0.4, 0.5) is 0 Å². The van der Waals surface area contributed by atoms with Crippen molar-refractivity contribution in [3.8, 4) is 0 Å². The van der Waals surface area contributed by atoms with Crippen LogP contribution in [0.3, 0.4) is 0 Å². The van der Waals surface area contributed by atoms with E-state index in [4.69, 9.17) is 4.74 Å². The number of ether oxygens (including phenoxy) is 1. The van der Waals surface area contributed by atoms with Crippen LogP contribution < -0.4 is 4.89 Å². The minimum absolute atomic E-state index is 0. The van der Waals surface area contributed by atoms with Gasteiger partial charge in [-0.25, -0.2) is 0 Å². The standard InChI is InChI=1S/C4H8O.C2H5OP.CH4.CH3.Mg/c1-2-4-5-3-1;1-4(2)3;;;/h1-4H2;1H2,2H3;1H4;1H3;/q;;;-1;+2. The number of hydrogen-bond acceptors (Lipinski definition) is 2. The second kappa shape index (κ2) is 17.8. The zero-order valence-electron chi connectivity index (χ0n) is 7.51. The summed E-state index contributed by atoms with van der Waals surface area (Å²) in [4.78, 5) is 9.48. The molecule has 0 radical (unpaired) electrons. The molecule has 1 aliphatic rings. The van der Waals surface area contributed by atoms with Crippen molar-refractivity contribution in [2.75, 3.05) is 19.9 Å². The SMILES string of the molecule is C.C1CCOC1.C=[P+](C)[O-].[CH3-].[Mg+2]. The molecule has 0 aliphatic carbocycles. The Balaban J connectivity index is -0.0000000436. The molecule has 0 bridgehead atoms. The van der Waals surface area contributed by atoms with Gasteiger partial charge in [-0.2, -0.15) is 0 Å². The maximum atomic E-state index is 9.48. The molecular weight excluding hydrogens is 183 g/mol. The molecule has 0 saturated carbocycles. The summed E-state index contributed by atoms with van der Waals surface area (Å²) in [5, 5.41) is 0. The van der Waals surface area contributed by atoms with E-state index in [-0.39, 0.29) is 37.9 Å². The minimum atomic E-state index is -1.12. The van der Waals surface area contributed by atoms with Crippen LogP contribution in [-0.2, 0) is 4.74 Å². The molecule has 1 fully saturated rings. The van der Waals surface area contributed by atoms with Crippen molar-refractivity contribution in [2.24, 2.45) is 0 Å². The molecule has 1 atom stereocenters. The van der Waals surface area contributed by atoms with Crippen molar-refractivity contribution in [1.29, 1.82) is 0 Å². The first kappa shape index (κ1) is 23.0. The van der Waals surface area contributed by atoms with Crippen LogP contribution in [0.5, 0.6) is 0 Å². The molecular formula is C8H20MgO2P+. The van der Waals surface area contributed by atoms with E-state index in [0.29, 0.717) is 0 Å². The van der Waals surface area contributed by atoms with Crippen LogP contribution in [0, 0.1) is 7.43 Å². The minimum Gasteiger partial charge on any atom is -0.631 e. The maximum absolute atomic E-state index is 9.48. The third-order valence-corrected chi connectivity index (χ3v) is 0.827. The molecule has 1 saturated heterocycles. The molecule has 1 aliphatic heterocycles. The normalized spacial score (nSPS) is 13.7. The van der Waals surface area contributed by atoms with Gasteiger partial charge in [0.15, 0.2) is 0 Å². The Morgan fingerprint density at radius 1 is 1.33 bits per heavy atom. The van der Waals surface area contributed by atoms with Crippen molar-refractivity contribution in [3.05, 3.63) is 7.43 Å². The summed E-state index contributed by atoms with van der Waals surface area (Å²) in [5.74, 6) is 0. The summed E-state index contributed by atoms with van der Waals surface area (Å²) >= 11 is 0. The largest absolute Gasteiger partial charge is 2.00 e. The van der Waals surface area contributed by atoms with E-state index < -0.39 is 7.77 Å². The monoisotopic (exact) mass is 203 g/mol. The first-order valence-electron chi connectivity index (χ1n) is 3.02. The van der Waals surface area contributed by atoms with Gasteiger partial charge in [0.25, 0.3) is 0 Å². The van der Waals surface area contributed by atoms with Crippen molar-refractivity contribution in [2.45, 2.75) is 20.3 Å². The molecule has 12 heavy (non-hydrogen) atoms. The second-order valence-corrected chi connectivity index (χ2v) is 3.20. The first-order valence-corrected chi connectivity index (χ1v) is 4.92. The van der Waals surface area contributed by atoms with Crippen molar-refractivity contribution in [1.82, 2.24) is 0 Å². The number of hydrogen-bond donors (Lipinski definition) is 0. The molecule has 1 rings (SSSR count). The van der Waals surface area contributed by atoms with Crippen LogP contribution in [-0.4, -0.2) is 49.2 Å². The quantitative estimate of drug-likeness (QED) is 0.338. The summed E-state index contributed by atoms with van der Waals surface area (Å²) in [6.07, 6.45) is 5.70. The molecule has 0 aromatic rings. The van der Waals surface area contributed by atoms with Gasteiger partial charge < -0.3 is 17.1 Å². The average Bonchev–Trinajstić information content (AvgIpc) is 2.11. The van der Waals surface area contributed by atoms with Crippen LogP contribution in [0.15, 0.2) is 0 Å². The third kappa shape index (κ3) is 30.8. The average molecular weight is 204 g/mol. The van der Waals surface area contributed by atoms with Crippen LogP contribution in [0.1, 0.15) is 20.3 Å². The van der Waals surface area contributed by atoms with Crippen molar-refractivity contribution in [3.63, 3.8) is 0 Å². The molecule has 0 spiro atoms. The van der Waals surface area contributed by atoms with E-state index in [0.717, 1.165) is 13.2 Å². The van der Waals surface area contributed by atoms with Gasteiger partial charge in [0.05, 0.1) is 13.0 Å².